The largest absolute Gasteiger partial charge is 0.496 e. The van der Waals surface area contributed by atoms with Crippen LogP contribution in [0.4, 0.5) is 8.78 Å². The van der Waals surface area contributed by atoms with E-state index in [1.54, 1.807) is 6.07 Å². The van der Waals surface area contributed by atoms with Crippen molar-refractivity contribution in [2.75, 3.05) is 7.11 Å². The molecule has 2 nitrogen and oxygen atoms in total. The highest BCUT2D eigenvalue weighted by Crippen LogP contribution is 2.34. The van der Waals surface area contributed by atoms with E-state index in [0.717, 1.165) is 0 Å². The predicted molar refractivity (Wildman–Crippen MR) is 49.0 cm³/mol. The minimum atomic E-state index is -2.89. The summed E-state index contributed by atoms with van der Waals surface area (Å²) < 4.78 is 29.3. The van der Waals surface area contributed by atoms with Gasteiger partial charge in [0.05, 0.1) is 12.1 Å². The molecular formula is C9H9ClF2O2. The molecule has 0 amide bonds. The van der Waals surface area contributed by atoms with E-state index in [4.69, 9.17) is 16.3 Å². The summed E-state index contributed by atoms with van der Waals surface area (Å²) >= 11 is 5.67. The Hall–Kier alpha value is -0.870. The van der Waals surface area contributed by atoms with Gasteiger partial charge in [-0.2, -0.15) is 0 Å². The molecule has 0 aliphatic carbocycles. The van der Waals surface area contributed by atoms with Crippen LogP contribution in [-0.2, 0) is 0 Å². The second-order valence-corrected chi connectivity index (χ2v) is 3.04. The maximum atomic E-state index is 12.2. The summed E-state index contributed by atoms with van der Waals surface area (Å²) in [5, 5.41) is 9.24. The summed E-state index contributed by atoms with van der Waals surface area (Å²) in [4.78, 5) is 0. The molecule has 1 aromatic carbocycles. The maximum Gasteiger partial charge on any atom is 0.268 e. The van der Waals surface area contributed by atoms with E-state index in [9.17, 15) is 13.9 Å². The first kappa shape index (κ1) is 11.2. The van der Waals surface area contributed by atoms with Gasteiger partial charge in [0.25, 0.3) is 6.43 Å². The van der Waals surface area contributed by atoms with Crippen molar-refractivity contribution in [3.05, 3.63) is 28.8 Å². The highest BCUT2D eigenvalue weighted by atomic mass is 35.5. The van der Waals surface area contributed by atoms with Gasteiger partial charge in [0, 0.05) is 5.56 Å². The molecule has 0 bridgehead atoms. The summed E-state index contributed by atoms with van der Waals surface area (Å²) in [6, 6.07) is 4.45. The van der Waals surface area contributed by atoms with E-state index in [1.165, 1.54) is 19.2 Å². The number of rotatable bonds is 3. The fourth-order valence-corrected chi connectivity index (χ4v) is 1.39. The number of aliphatic hydroxyl groups excluding tert-OH is 1. The molecule has 1 atom stereocenters. The quantitative estimate of drug-likeness (QED) is 0.852. The second-order valence-electron chi connectivity index (χ2n) is 2.64. The van der Waals surface area contributed by atoms with Crippen LogP contribution in [-0.4, -0.2) is 18.6 Å². The lowest BCUT2D eigenvalue weighted by atomic mass is 10.1. The Bertz CT molecular complexity index is 318. The van der Waals surface area contributed by atoms with Crippen LogP contribution in [0.1, 0.15) is 11.7 Å². The number of hydrogen-bond donors (Lipinski definition) is 1. The lowest BCUT2D eigenvalue weighted by Gasteiger charge is -2.15. The van der Waals surface area contributed by atoms with Crippen molar-refractivity contribution in [3.63, 3.8) is 0 Å². The van der Waals surface area contributed by atoms with Crippen molar-refractivity contribution >= 4 is 11.6 Å². The van der Waals surface area contributed by atoms with Crippen molar-refractivity contribution in [1.82, 2.24) is 0 Å². The first-order valence-corrected chi connectivity index (χ1v) is 4.24. The van der Waals surface area contributed by atoms with Crippen LogP contribution in [0.3, 0.4) is 0 Å². The molecule has 0 radical (unpaired) electrons. The van der Waals surface area contributed by atoms with Crippen LogP contribution >= 0.6 is 11.6 Å². The molecule has 1 N–H and O–H groups in total. The molecule has 1 aromatic rings. The van der Waals surface area contributed by atoms with Gasteiger partial charge in [0.2, 0.25) is 0 Å². The molecule has 1 unspecified atom stereocenters. The Morgan fingerprint density at radius 2 is 2.07 bits per heavy atom. The van der Waals surface area contributed by atoms with Crippen molar-refractivity contribution in [1.29, 1.82) is 0 Å². The molecule has 0 heterocycles. The summed E-state index contributed by atoms with van der Waals surface area (Å²) in [7, 11) is 1.33. The van der Waals surface area contributed by atoms with Gasteiger partial charge in [-0.15, -0.1) is 0 Å². The molecule has 5 heteroatoms. The van der Waals surface area contributed by atoms with E-state index >= 15 is 0 Å². The van der Waals surface area contributed by atoms with Gasteiger partial charge in [0.15, 0.2) is 0 Å². The van der Waals surface area contributed by atoms with E-state index < -0.39 is 12.5 Å². The van der Waals surface area contributed by atoms with Crippen LogP contribution in [0.5, 0.6) is 5.75 Å². The van der Waals surface area contributed by atoms with Gasteiger partial charge in [-0.1, -0.05) is 17.7 Å². The number of ether oxygens (including phenoxy) is 1. The maximum absolute atomic E-state index is 12.2. The highest BCUT2D eigenvalue weighted by molar-refractivity contribution is 6.31. The number of aliphatic hydroxyl groups is 1. The number of hydrogen-bond acceptors (Lipinski definition) is 2. The summed E-state index contributed by atoms with van der Waals surface area (Å²) in [5.74, 6) is 0.158. The Morgan fingerprint density at radius 1 is 1.43 bits per heavy atom. The number of methoxy groups -OCH3 is 1. The van der Waals surface area contributed by atoms with Gasteiger partial charge in [-0.25, -0.2) is 8.78 Å². The molecule has 0 aliphatic heterocycles. The molecule has 0 saturated heterocycles. The van der Waals surface area contributed by atoms with Crippen LogP contribution in [0.15, 0.2) is 18.2 Å². The summed E-state index contributed by atoms with van der Waals surface area (Å²) in [6.07, 6.45) is -4.80. The fraction of sp³-hybridized carbons (Fsp3) is 0.333. The molecule has 0 saturated carbocycles. The van der Waals surface area contributed by atoms with Crippen LogP contribution < -0.4 is 4.74 Å². The topological polar surface area (TPSA) is 29.5 Å². The lowest BCUT2D eigenvalue weighted by Crippen LogP contribution is -2.10. The molecule has 0 aromatic heterocycles. The molecule has 78 valence electrons. The standard InChI is InChI=1S/C9H9ClF2O2/c1-14-6-4-2-3-5(10)7(6)8(13)9(11)12/h2-4,8-9,13H,1H3. The highest BCUT2D eigenvalue weighted by Gasteiger charge is 2.25. The normalized spacial score (nSPS) is 13.0. The molecule has 0 spiro atoms. The zero-order chi connectivity index (χ0) is 10.7. The number of alkyl halides is 2. The van der Waals surface area contributed by atoms with Crippen molar-refractivity contribution in [2.24, 2.45) is 0 Å². The Morgan fingerprint density at radius 3 is 2.57 bits per heavy atom. The minimum absolute atomic E-state index is 0.0668. The van der Waals surface area contributed by atoms with Crippen LogP contribution in [0.25, 0.3) is 0 Å². The van der Waals surface area contributed by atoms with E-state index in [-0.39, 0.29) is 16.3 Å². The zero-order valence-electron chi connectivity index (χ0n) is 7.38. The van der Waals surface area contributed by atoms with Crippen molar-refractivity contribution in [3.8, 4) is 5.75 Å². The third-order valence-electron chi connectivity index (χ3n) is 1.77. The smallest absolute Gasteiger partial charge is 0.268 e. The Kier molecular flexibility index (Phi) is 3.66. The lowest BCUT2D eigenvalue weighted by molar-refractivity contribution is -0.00692. The van der Waals surface area contributed by atoms with Crippen molar-refractivity contribution < 1.29 is 18.6 Å². The Balaban J connectivity index is 3.16. The summed E-state index contributed by atoms with van der Waals surface area (Å²) in [5.41, 5.74) is -0.0772. The number of halogens is 3. The number of benzene rings is 1. The summed E-state index contributed by atoms with van der Waals surface area (Å²) in [6.45, 7) is 0. The van der Waals surface area contributed by atoms with Gasteiger partial charge in [-0.05, 0) is 12.1 Å². The first-order chi connectivity index (χ1) is 6.57. The second kappa shape index (κ2) is 4.57. The average Bonchev–Trinajstić information content (AvgIpc) is 2.16. The van der Waals surface area contributed by atoms with Gasteiger partial charge in [-0.3, -0.25) is 0 Å². The van der Waals surface area contributed by atoms with Gasteiger partial charge in [0.1, 0.15) is 11.9 Å². The van der Waals surface area contributed by atoms with Crippen LogP contribution in [0.2, 0.25) is 5.02 Å². The van der Waals surface area contributed by atoms with Crippen LogP contribution in [0, 0.1) is 0 Å². The van der Waals surface area contributed by atoms with Gasteiger partial charge >= 0.3 is 0 Å². The average molecular weight is 223 g/mol. The molecule has 0 fully saturated rings. The van der Waals surface area contributed by atoms with E-state index in [0.29, 0.717) is 0 Å². The first-order valence-electron chi connectivity index (χ1n) is 3.86. The molecule has 0 aliphatic rings. The third-order valence-corrected chi connectivity index (χ3v) is 2.10. The van der Waals surface area contributed by atoms with E-state index in [1.807, 2.05) is 0 Å². The predicted octanol–water partition coefficient (Wildman–Crippen LogP) is 2.65. The zero-order valence-corrected chi connectivity index (χ0v) is 8.13. The SMILES string of the molecule is COc1cccc(Cl)c1C(O)C(F)F. The van der Waals surface area contributed by atoms with E-state index in [2.05, 4.69) is 0 Å². The van der Waals surface area contributed by atoms with Crippen molar-refractivity contribution in [2.45, 2.75) is 12.5 Å². The minimum Gasteiger partial charge on any atom is -0.496 e. The fourth-order valence-electron chi connectivity index (χ4n) is 1.11. The molecule has 14 heavy (non-hydrogen) atoms. The molecule has 1 rings (SSSR count). The van der Waals surface area contributed by atoms with Gasteiger partial charge < -0.3 is 9.84 Å². The monoisotopic (exact) mass is 222 g/mol. The Labute approximate surface area is 85.1 Å². The molecular weight excluding hydrogens is 214 g/mol. The third kappa shape index (κ3) is 2.13.